The smallest absolute Gasteiger partial charge is 0.0915 e. The molecule has 0 amide bonds. The summed E-state index contributed by atoms with van der Waals surface area (Å²) in [4.78, 5) is 9.49. The Hall–Kier alpha value is -2.94. The first kappa shape index (κ1) is 11.7. The van der Waals surface area contributed by atoms with E-state index in [0.29, 0.717) is 0 Å². The molecular weight excluding hydrogens is 270 g/mol. The fourth-order valence-corrected chi connectivity index (χ4v) is 3.12. The van der Waals surface area contributed by atoms with Crippen LogP contribution in [0, 0.1) is 0 Å². The van der Waals surface area contributed by atoms with Gasteiger partial charge in [-0.1, -0.05) is 30.3 Å². The fourth-order valence-electron chi connectivity index (χ4n) is 3.12. The molecule has 1 N–H and O–H groups in total. The van der Waals surface area contributed by atoms with E-state index in [0.717, 1.165) is 34.2 Å². The molecule has 1 aromatic heterocycles. The quantitative estimate of drug-likeness (QED) is 0.427. The van der Waals surface area contributed by atoms with Gasteiger partial charge in [0.05, 0.1) is 22.1 Å². The van der Waals surface area contributed by atoms with Gasteiger partial charge in [0.2, 0.25) is 0 Å². The van der Waals surface area contributed by atoms with E-state index in [-0.39, 0.29) is 0 Å². The summed E-state index contributed by atoms with van der Waals surface area (Å²) in [6, 6.07) is 20.7. The van der Waals surface area contributed by atoms with Crippen LogP contribution in [-0.2, 0) is 6.42 Å². The normalized spacial score (nSPS) is 12.7. The molecular formula is C19H13N3. The number of nitrogens with zero attached hydrogens (tertiary/aromatic N) is 2. The van der Waals surface area contributed by atoms with Gasteiger partial charge in [-0.15, -0.1) is 0 Å². The second-order valence-electron chi connectivity index (χ2n) is 5.67. The zero-order valence-corrected chi connectivity index (χ0v) is 11.9. The third-order valence-corrected chi connectivity index (χ3v) is 4.23. The maximum atomic E-state index is 4.75. The topological polar surface area (TPSA) is 37.8 Å². The molecule has 0 saturated carbocycles. The highest BCUT2D eigenvalue weighted by Crippen LogP contribution is 2.34. The maximum absolute atomic E-state index is 4.75. The van der Waals surface area contributed by atoms with E-state index in [1.807, 2.05) is 24.3 Å². The molecule has 0 atom stereocenters. The number of anilines is 2. The van der Waals surface area contributed by atoms with E-state index >= 15 is 0 Å². The van der Waals surface area contributed by atoms with Gasteiger partial charge in [0.15, 0.2) is 0 Å². The fraction of sp³-hybridized carbons (Fsp3) is 0.0526. The minimum atomic E-state index is 0.933. The highest BCUT2D eigenvalue weighted by atomic mass is 14.9. The zero-order valence-electron chi connectivity index (χ0n) is 11.9. The molecule has 104 valence electrons. The number of fused-ring (bicyclic) bond motifs is 4. The molecule has 0 unspecified atom stereocenters. The predicted octanol–water partition coefficient (Wildman–Crippen LogP) is 4.43. The van der Waals surface area contributed by atoms with Crippen molar-refractivity contribution in [3.63, 3.8) is 0 Å². The number of nitrogens with one attached hydrogen (secondary N) is 1. The third kappa shape index (κ3) is 1.69. The van der Waals surface area contributed by atoms with Crippen LogP contribution in [0.15, 0.2) is 60.7 Å². The first-order valence-electron chi connectivity index (χ1n) is 7.41. The maximum Gasteiger partial charge on any atom is 0.0915 e. The van der Waals surface area contributed by atoms with Crippen molar-refractivity contribution in [2.75, 3.05) is 5.32 Å². The second-order valence-corrected chi connectivity index (χ2v) is 5.67. The lowest BCUT2D eigenvalue weighted by Crippen LogP contribution is -2.07. The number of aromatic nitrogens is 2. The molecule has 3 nitrogen and oxygen atoms in total. The molecule has 0 bridgehead atoms. The van der Waals surface area contributed by atoms with E-state index in [1.54, 1.807) is 0 Å². The van der Waals surface area contributed by atoms with Gasteiger partial charge in [-0.2, -0.15) is 0 Å². The molecule has 1 aliphatic rings. The predicted molar refractivity (Wildman–Crippen MR) is 89.6 cm³/mol. The highest BCUT2D eigenvalue weighted by Gasteiger charge is 2.16. The van der Waals surface area contributed by atoms with Crippen molar-refractivity contribution in [1.82, 2.24) is 9.97 Å². The Morgan fingerprint density at radius 1 is 0.636 bits per heavy atom. The summed E-state index contributed by atoms with van der Waals surface area (Å²) in [5.41, 5.74) is 8.69. The minimum absolute atomic E-state index is 0.933. The van der Waals surface area contributed by atoms with Crippen LogP contribution in [-0.4, -0.2) is 9.97 Å². The average Bonchev–Trinajstić information content (AvgIpc) is 2.56. The van der Waals surface area contributed by atoms with Gasteiger partial charge in [-0.3, -0.25) is 0 Å². The number of hydrogen-bond donors (Lipinski definition) is 1. The van der Waals surface area contributed by atoms with Gasteiger partial charge in [0.25, 0.3) is 0 Å². The van der Waals surface area contributed by atoms with Crippen LogP contribution in [0.3, 0.4) is 0 Å². The summed E-state index contributed by atoms with van der Waals surface area (Å²) in [5.74, 6) is 0. The van der Waals surface area contributed by atoms with Crippen LogP contribution >= 0.6 is 0 Å². The summed E-state index contributed by atoms with van der Waals surface area (Å²) in [5, 5.41) is 3.51. The molecule has 3 aromatic carbocycles. The van der Waals surface area contributed by atoms with Gasteiger partial charge in [0.1, 0.15) is 0 Å². The lowest BCUT2D eigenvalue weighted by atomic mass is 9.97. The second kappa shape index (κ2) is 4.28. The van der Waals surface area contributed by atoms with Crippen LogP contribution < -0.4 is 5.32 Å². The lowest BCUT2D eigenvalue weighted by Gasteiger charge is -2.21. The van der Waals surface area contributed by atoms with Crippen LogP contribution in [0.5, 0.6) is 0 Å². The Bertz CT molecular complexity index is 954. The van der Waals surface area contributed by atoms with Gasteiger partial charge in [-0.05, 0) is 41.5 Å². The van der Waals surface area contributed by atoms with E-state index < -0.39 is 0 Å². The van der Waals surface area contributed by atoms with Crippen molar-refractivity contribution in [3.8, 4) is 0 Å². The van der Waals surface area contributed by atoms with Crippen LogP contribution in [0.4, 0.5) is 11.4 Å². The molecule has 0 spiro atoms. The molecule has 4 aromatic rings. The van der Waals surface area contributed by atoms with Gasteiger partial charge in [0, 0.05) is 17.8 Å². The largest absolute Gasteiger partial charge is 0.355 e. The summed E-state index contributed by atoms with van der Waals surface area (Å²) in [6.45, 7) is 0. The van der Waals surface area contributed by atoms with Crippen LogP contribution in [0.2, 0.25) is 0 Å². The van der Waals surface area contributed by atoms with E-state index in [4.69, 9.17) is 9.97 Å². The Labute approximate surface area is 127 Å². The number of rotatable bonds is 0. The molecule has 22 heavy (non-hydrogen) atoms. The summed E-state index contributed by atoms with van der Waals surface area (Å²) in [7, 11) is 0. The van der Waals surface area contributed by atoms with Crippen molar-refractivity contribution in [2.24, 2.45) is 0 Å². The van der Waals surface area contributed by atoms with Crippen molar-refractivity contribution >= 4 is 33.4 Å². The first-order chi connectivity index (χ1) is 10.9. The van der Waals surface area contributed by atoms with Crippen molar-refractivity contribution in [3.05, 3.63) is 71.8 Å². The molecule has 3 heteroatoms. The summed E-state index contributed by atoms with van der Waals surface area (Å²) >= 11 is 0. The highest BCUT2D eigenvalue weighted by molar-refractivity contribution is 5.90. The average molecular weight is 283 g/mol. The molecule has 5 rings (SSSR count). The SMILES string of the molecule is c1ccc2c(c1)Cc1cc3nc4ccccc4nc3cc1N2. The summed E-state index contributed by atoms with van der Waals surface area (Å²) < 4.78 is 0. The van der Waals surface area contributed by atoms with Crippen molar-refractivity contribution in [2.45, 2.75) is 6.42 Å². The molecule has 0 fully saturated rings. The van der Waals surface area contributed by atoms with Gasteiger partial charge >= 0.3 is 0 Å². The van der Waals surface area contributed by atoms with Crippen LogP contribution in [0.25, 0.3) is 22.1 Å². The standard InChI is InChI=1S/C19H13N3/c1-2-6-14-12(5-1)9-13-10-18-19(11-17(13)20-14)22-16-8-4-3-7-15(16)21-18/h1-8,10-11,20H,9H2. The molecule has 2 heterocycles. The Morgan fingerprint density at radius 3 is 2.14 bits per heavy atom. The van der Waals surface area contributed by atoms with Gasteiger partial charge < -0.3 is 5.32 Å². The summed E-state index contributed by atoms with van der Waals surface area (Å²) in [6.07, 6.45) is 0.933. The molecule has 1 aliphatic heterocycles. The minimum Gasteiger partial charge on any atom is -0.355 e. The van der Waals surface area contributed by atoms with E-state index in [9.17, 15) is 0 Å². The van der Waals surface area contributed by atoms with E-state index in [1.165, 1.54) is 16.8 Å². The lowest BCUT2D eigenvalue weighted by molar-refractivity contribution is 1.16. The van der Waals surface area contributed by atoms with Crippen molar-refractivity contribution in [1.29, 1.82) is 0 Å². The molecule has 0 radical (unpaired) electrons. The number of benzene rings is 3. The Morgan fingerprint density at radius 2 is 1.32 bits per heavy atom. The number of hydrogen-bond acceptors (Lipinski definition) is 3. The Kier molecular flexibility index (Phi) is 2.27. The van der Waals surface area contributed by atoms with Gasteiger partial charge in [-0.25, -0.2) is 9.97 Å². The zero-order chi connectivity index (χ0) is 14.5. The molecule has 0 aliphatic carbocycles. The third-order valence-electron chi connectivity index (χ3n) is 4.23. The Balaban J connectivity index is 1.75. The van der Waals surface area contributed by atoms with E-state index in [2.05, 4.69) is 41.7 Å². The monoisotopic (exact) mass is 283 g/mol. The molecule has 0 saturated heterocycles. The first-order valence-corrected chi connectivity index (χ1v) is 7.41. The number of para-hydroxylation sites is 3. The van der Waals surface area contributed by atoms with Crippen molar-refractivity contribution < 1.29 is 0 Å². The van der Waals surface area contributed by atoms with Crippen LogP contribution in [0.1, 0.15) is 11.1 Å².